The lowest BCUT2D eigenvalue weighted by Gasteiger charge is -2.40. The predicted molar refractivity (Wildman–Crippen MR) is 143 cm³/mol. The van der Waals surface area contributed by atoms with Gasteiger partial charge in [0.15, 0.2) is 5.67 Å². The fourth-order valence-electron chi connectivity index (χ4n) is 5.18. The summed E-state index contributed by atoms with van der Waals surface area (Å²) in [5.74, 6) is 0.746. The van der Waals surface area contributed by atoms with Crippen LogP contribution in [0.15, 0.2) is 66.9 Å². The Hall–Kier alpha value is -2.77. The molecular formula is C30H32ClFN2O3. The van der Waals surface area contributed by atoms with Crippen molar-refractivity contribution in [1.29, 1.82) is 0 Å². The zero-order valence-corrected chi connectivity index (χ0v) is 21.9. The summed E-state index contributed by atoms with van der Waals surface area (Å²) in [5.41, 5.74) is 2.26. The first-order valence-electron chi connectivity index (χ1n) is 12.6. The van der Waals surface area contributed by atoms with E-state index in [0.29, 0.717) is 36.7 Å². The van der Waals surface area contributed by atoms with Crippen LogP contribution >= 0.6 is 11.6 Å². The highest BCUT2D eigenvalue weighted by Gasteiger charge is 2.44. The summed E-state index contributed by atoms with van der Waals surface area (Å²) in [5, 5.41) is 21.9. The summed E-state index contributed by atoms with van der Waals surface area (Å²) in [6.45, 7) is 5.37. The minimum absolute atomic E-state index is 0.213. The lowest BCUT2D eigenvalue weighted by molar-refractivity contribution is -0.0711. The molecule has 3 heterocycles. The van der Waals surface area contributed by atoms with Gasteiger partial charge in [0.2, 0.25) is 0 Å². The Morgan fingerprint density at radius 3 is 2.70 bits per heavy atom. The van der Waals surface area contributed by atoms with Crippen molar-refractivity contribution in [3.8, 4) is 5.75 Å². The molecule has 0 aliphatic carbocycles. The van der Waals surface area contributed by atoms with E-state index in [1.165, 1.54) is 0 Å². The number of pyridine rings is 1. The molecule has 2 atom stereocenters. The van der Waals surface area contributed by atoms with Crippen LogP contribution in [-0.2, 0) is 17.9 Å². The summed E-state index contributed by atoms with van der Waals surface area (Å²) in [4.78, 5) is 6.63. The molecule has 0 bridgehead atoms. The van der Waals surface area contributed by atoms with Gasteiger partial charge in [-0.3, -0.25) is 4.98 Å². The van der Waals surface area contributed by atoms with E-state index in [-0.39, 0.29) is 13.0 Å². The third-order valence-electron chi connectivity index (χ3n) is 7.39. The van der Waals surface area contributed by atoms with Gasteiger partial charge >= 0.3 is 0 Å². The van der Waals surface area contributed by atoms with E-state index < -0.39 is 17.4 Å². The number of hydrogen-bond donors (Lipinski definition) is 2. The number of halogens is 2. The maximum Gasteiger partial charge on any atom is 0.164 e. The smallest absolute Gasteiger partial charge is 0.164 e. The molecule has 3 aromatic rings. The Morgan fingerprint density at radius 1 is 1.19 bits per heavy atom. The summed E-state index contributed by atoms with van der Waals surface area (Å²) in [7, 11) is 0. The molecule has 0 spiro atoms. The zero-order valence-electron chi connectivity index (χ0n) is 21.1. The molecule has 1 saturated heterocycles. The molecule has 0 radical (unpaired) electrons. The highest BCUT2D eigenvalue weighted by atomic mass is 35.5. The second kappa shape index (κ2) is 10.2. The van der Waals surface area contributed by atoms with Gasteiger partial charge in [-0.1, -0.05) is 41.9 Å². The quantitative estimate of drug-likeness (QED) is 0.456. The van der Waals surface area contributed by atoms with E-state index in [1.807, 2.05) is 30.3 Å². The first kappa shape index (κ1) is 25.9. The molecule has 0 saturated carbocycles. The van der Waals surface area contributed by atoms with E-state index in [9.17, 15) is 10.2 Å². The average Bonchev–Trinajstić information content (AvgIpc) is 3.03. The third-order valence-corrected chi connectivity index (χ3v) is 7.64. The molecular weight excluding hydrogens is 491 g/mol. The van der Waals surface area contributed by atoms with E-state index in [1.54, 1.807) is 44.3 Å². The minimum atomic E-state index is -1.78. The van der Waals surface area contributed by atoms with E-state index >= 15 is 4.39 Å². The second-order valence-electron chi connectivity index (χ2n) is 10.4. The molecule has 5 rings (SSSR count). The van der Waals surface area contributed by atoms with Gasteiger partial charge < -0.3 is 19.8 Å². The largest absolute Gasteiger partial charge is 0.487 e. The SMILES string of the molecule is CC(C)(O)c1ccc2c(c1)/C(=C\CCN1CCC(F)(c3ccc(Cl)cc3)C(O)C1)c1cccnc1CO2. The second-order valence-corrected chi connectivity index (χ2v) is 10.8. The lowest BCUT2D eigenvalue weighted by atomic mass is 9.84. The van der Waals surface area contributed by atoms with Gasteiger partial charge in [-0.25, -0.2) is 4.39 Å². The Kier molecular flexibility index (Phi) is 7.12. The minimum Gasteiger partial charge on any atom is -0.487 e. The zero-order chi connectivity index (χ0) is 26.2. The molecule has 0 amide bonds. The predicted octanol–water partition coefficient (Wildman–Crippen LogP) is 5.61. The summed E-state index contributed by atoms with van der Waals surface area (Å²) in [6.07, 6.45) is 3.71. The number of hydrogen-bond acceptors (Lipinski definition) is 5. The van der Waals surface area contributed by atoms with Crippen molar-refractivity contribution < 1.29 is 19.3 Å². The average molecular weight is 523 g/mol. The van der Waals surface area contributed by atoms with Crippen LogP contribution in [0, 0.1) is 0 Å². The van der Waals surface area contributed by atoms with E-state index in [2.05, 4.69) is 16.0 Å². The van der Waals surface area contributed by atoms with Crippen LogP contribution in [0.1, 0.15) is 54.6 Å². The molecule has 194 valence electrons. The van der Waals surface area contributed by atoms with Crippen molar-refractivity contribution in [3.63, 3.8) is 0 Å². The van der Waals surface area contributed by atoms with Gasteiger partial charge in [0.1, 0.15) is 18.5 Å². The number of ether oxygens (including phenoxy) is 1. The number of likely N-dealkylation sites (tertiary alicyclic amines) is 1. The maximum atomic E-state index is 15.8. The highest BCUT2D eigenvalue weighted by molar-refractivity contribution is 6.30. The topological polar surface area (TPSA) is 65.8 Å². The molecule has 37 heavy (non-hydrogen) atoms. The number of aromatic nitrogens is 1. The van der Waals surface area contributed by atoms with Crippen LogP contribution in [0.2, 0.25) is 5.02 Å². The Labute approximate surface area is 222 Å². The summed E-state index contributed by atoms with van der Waals surface area (Å²) in [6, 6.07) is 16.4. The Bertz CT molecular complexity index is 1300. The fourth-order valence-corrected chi connectivity index (χ4v) is 5.31. The number of piperidine rings is 1. The van der Waals surface area contributed by atoms with Crippen molar-refractivity contribution in [1.82, 2.24) is 9.88 Å². The number of benzene rings is 2. The summed E-state index contributed by atoms with van der Waals surface area (Å²) >= 11 is 5.96. The monoisotopic (exact) mass is 522 g/mol. The third kappa shape index (κ3) is 5.30. The van der Waals surface area contributed by atoms with Gasteiger partial charge in [0, 0.05) is 48.4 Å². The molecule has 7 heteroatoms. The molecule has 2 aliphatic heterocycles. The standard InChI is InChI=1S/C30H32ClFN2O3/c1-29(2,36)21-9-12-27-25(17-21)23(24-5-3-14-33-26(24)19-37-27)6-4-15-34-16-13-30(32,28(35)18-34)20-7-10-22(31)11-8-20/h3,5-12,14,17,28,35-36H,4,13,15-16,18-19H2,1-2H3/b23-6-. The normalized spacial score (nSPS) is 23.2. The van der Waals surface area contributed by atoms with E-state index in [4.69, 9.17) is 16.3 Å². The Morgan fingerprint density at radius 2 is 1.97 bits per heavy atom. The van der Waals surface area contributed by atoms with Crippen molar-refractivity contribution >= 4 is 17.2 Å². The highest BCUT2D eigenvalue weighted by Crippen LogP contribution is 2.40. The van der Waals surface area contributed by atoms with E-state index in [0.717, 1.165) is 33.7 Å². The number of aliphatic hydroxyl groups excluding tert-OH is 1. The first-order valence-corrected chi connectivity index (χ1v) is 13.0. The van der Waals surface area contributed by atoms with Crippen LogP contribution in [-0.4, -0.2) is 45.8 Å². The van der Waals surface area contributed by atoms with Crippen LogP contribution in [0.5, 0.6) is 5.75 Å². The molecule has 2 unspecified atom stereocenters. The lowest BCUT2D eigenvalue weighted by Crippen LogP contribution is -2.51. The van der Waals surface area contributed by atoms with Gasteiger partial charge in [-0.05, 0) is 67.3 Å². The van der Waals surface area contributed by atoms with Crippen molar-refractivity contribution in [2.75, 3.05) is 19.6 Å². The first-order chi connectivity index (χ1) is 17.6. The fraction of sp³-hybridized carbons (Fsp3) is 0.367. The summed E-state index contributed by atoms with van der Waals surface area (Å²) < 4.78 is 21.8. The molecule has 1 aromatic heterocycles. The molecule has 5 nitrogen and oxygen atoms in total. The van der Waals surface area contributed by atoms with Gasteiger partial charge in [0.25, 0.3) is 0 Å². The number of β-amino-alcohol motifs (C(OH)–C–C–N with tert-alkyl or cyclic N) is 1. The van der Waals surface area contributed by atoms with Crippen LogP contribution in [0.25, 0.3) is 5.57 Å². The van der Waals surface area contributed by atoms with Gasteiger partial charge in [-0.15, -0.1) is 0 Å². The van der Waals surface area contributed by atoms with Crippen molar-refractivity contribution in [2.24, 2.45) is 0 Å². The number of fused-ring (bicyclic) bond motifs is 2. The van der Waals surface area contributed by atoms with Crippen LogP contribution in [0.3, 0.4) is 0 Å². The number of alkyl halides is 1. The number of rotatable bonds is 5. The Balaban J connectivity index is 1.37. The van der Waals surface area contributed by atoms with Crippen LogP contribution in [0.4, 0.5) is 4.39 Å². The number of nitrogens with zero attached hydrogens (tertiary/aromatic N) is 2. The number of aliphatic hydroxyl groups is 2. The molecule has 2 aliphatic rings. The van der Waals surface area contributed by atoms with Crippen molar-refractivity contribution in [2.45, 2.75) is 50.7 Å². The maximum absolute atomic E-state index is 15.8. The van der Waals surface area contributed by atoms with Gasteiger partial charge in [-0.2, -0.15) is 0 Å². The molecule has 1 fully saturated rings. The molecule has 2 N–H and O–H groups in total. The van der Waals surface area contributed by atoms with Gasteiger partial charge in [0.05, 0.1) is 11.3 Å². The molecule has 2 aromatic carbocycles. The van der Waals surface area contributed by atoms with Crippen LogP contribution < -0.4 is 4.74 Å². The van der Waals surface area contributed by atoms with Crippen molar-refractivity contribution in [3.05, 3.63) is 99.8 Å².